The zero-order valence-corrected chi connectivity index (χ0v) is 13.7. The number of aromatic nitrogens is 2. The quantitative estimate of drug-likeness (QED) is 0.832. The van der Waals surface area contributed by atoms with E-state index >= 15 is 0 Å². The summed E-state index contributed by atoms with van der Waals surface area (Å²) in [6.07, 6.45) is 5.29. The van der Waals surface area contributed by atoms with Gasteiger partial charge < -0.3 is 9.47 Å². The van der Waals surface area contributed by atoms with Gasteiger partial charge in [-0.2, -0.15) is 18.4 Å². The number of alkyl halides is 3. The van der Waals surface area contributed by atoms with Crippen LogP contribution in [0.4, 0.5) is 18.9 Å². The molecule has 0 amide bonds. The van der Waals surface area contributed by atoms with Gasteiger partial charge in [0.1, 0.15) is 0 Å². The van der Waals surface area contributed by atoms with Crippen LogP contribution in [-0.2, 0) is 6.18 Å². The fourth-order valence-corrected chi connectivity index (χ4v) is 3.13. The molecular formula is C18H17F3N4. The summed E-state index contributed by atoms with van der Waals surface area (Å²) < 4.78 is 41.5. The fourth-order valence-electron chi connectivity index (χ4n) is 3.13. The molecule has 130 valence electrons. The van der Waals surface area contributed by atoms with E-state index in [1.54, 1.807) is 31.7 Å². The van der Waals surface area contributed by atoms with Crippen molar-refractivity contribution in [3.05, 3.63) is 54.1 Å². The van der Waals surface area contributed by atoms with Crippen LogP contribution in [0.2, 0.25) is 0 Å². The molecule has 0 saturated heterocycles. The van der Waals surface area contributed by atoms with Crippen molar-refractivity contribution < 1.29 is 13.2 Å². The number of rotatable bonds is 3. The van der Waals surface area contributed by atoms with Gasteiger partial charge in [-0.1, -0.05) is 6.08 Å². The third kappa shape index (κ3) is 3.53. The maximum Gasteiger partial charge on any atom is 0.417 e. The molecule has 1 unspecified atom stereocenters. The van der Waals surface area contributed by atoms with Crippen LogP contribution in [0, 0.1) is 11.3 Å². The number of hydrogen-bond donors (Lipinski definition) is 0. The van der Waals surface area contributed by atoms with E-state index in [1.165, 1.54) is 6.07 Å². The first-order valence-corrected chi connectivity index (χ1v) is 7.91. The predicted molar refractivity (Wildman–Crippen MR) is 88.7 cm³/mol. The minimum absolute atomic E-state index is 0.0800. The van der Waals surface area contributed by atoms with E-state index < -0.39 is 11.7 Å². The van der Waals surface area contributed by atoms with E-state index in [1.807, 2.05) is 15.7 Å². The number of hydrogen-bond acceptors (Lipinski definition) is 3. The minimum Gasteiger partial charge on any atom is -0.371 e. The molecule has 0 saturated carbocycles. The Labute approximate surface area is 143 Å². The van der Waals surface area contributed by atoms with Gasteiger partial charge in [0, 0.05) is 43.3 Å². The molecule has 1 aromatic heterocycles. The number of nitriles is 1. The van der Waals surface area contributed by atoms with E-state index in [0.717, 1.165) is 24.6 Å². The third-order valence-corrected chi connectivity index (χ3v) is 4.54. The number of anilines is 1. The normalized spacial score (nSPS) is 17.7. The molecule has 4 nitrogen and oxygen atoms in total. The van der Waals surface area contributed by atoms with Gasteiger partial charge in [0.2, 0.25) is 0 Å². The van der Waals surface area contributed by atoms with Gasteiger partial charge in [-0.05, 0) is 31.0 Å². The molecule has 7 heteroatoms. The molecule has 1 heterocycles. The lowest BCUT2D eigenvalue weighted by Gasteiger charge is -2.33. The summed E-state index contributed by atoms with van der Waals surface area (Å²) in [7, 11) is 1.79. The molecule has 1 aliphatic carbocycles. The summed E-state index contributed by atoms with van der Waals surface area (Å²) >= 11 is 0. The van der Waals surface area contributed by atoms with E-state index in [4.69, 9.17) is 5.26 Å². The van der Waals surface area contributed by atoms with Gasteiger partial charge in [0.25, 0.3) is 0 Å². The Morgan fingerprint density at radius 2 is 2.16 bits per heavy atom. The van der Waals surface area contributed by atoms with Crippen LogP contribution in [0.1, 0.15) is 30.4 Å². The summed E-state index contributed by atoms with van der Waals surface area (Å²) in [5, 5.41) is 8.92. The van der Waals surface area contributed by atoms with Crippen molar-refractivity contribution in [2.45, 2.75) is 31.5 Å². The summed E-state index contributed by atoms with van der Waals surface area (Å²) in [6.45, 7) is 0. The molecule has 1 aromatic carbocycles. The molecule has 0 N–H and O–H groups in total. The summed E-state index contributed by atoms with van der Waals surface area (Å²) in [5.74, 6) is 0. The largest absolute Gasteiger partial charge is 0.417 e. The van der Waals surface area contributed by atoms with Crippen LogP contribution in [-0.4, -0.2) is 22.6 Å². The van der Waals surface area contributed by atoms with E-state index in [-0.39, 0.29) is 11.6 Å². The zero-order chi connectivity index (χ0) is 18.0. The molecule has 0 spiro atoms. The molecule has 25 heavy (non-hydrogen) atoms. The summed E-state index contributed by atoms with van der Waals surface area (Å²) in [5.41, 5.74) is 0.307. The van der Waals surface area contributed by atoms with Crippen molar-refractivity contribution in [2.24, 2.45) is 0 Å². The number of allylic oxidation sites excluding steroid dienone is 1. The second-order valence-electron chi connectivity index (χ2n) is 6.05. The topological polar surface area (TPSA) is 44.9 Å². The van der Waals surface area contributed by atoms with Gasteiger partial charge in [0.15, 0.2) is 0 Å². The minimum atomic E-state index is -4.55. The maximum atomic E-state index is 13.2. The maximum absolute atomic E-state index is 13.2. The first-order chi connectivity index (χ1) is 11.9. The Morgan fingerprint density at radius 1 is 1.36 bits per heavy atom. The smallest absolute Gasteiger partial charge is 0.371 e. The number of imidazole rings is 1. The van der Waals surface area contributed by atoms with Crippen molar-refractivity contribution in [2.75, 3.05) is 11.9 Å². The van der Waals surface area contributed by atoms with Crippen molar-refractivity contribution in [3.63, 3.8) is 0 Å². The molecule has 1 atom stereocenters. The number of nitrogens with zero attached hydrogens (tertiary/aromatic N) is 4. The first-order valence-electron chi connectivity index (χ1n) is 7.91. The molecule has 2 aromatic rings. The predicted octanol–water partition coefficient (Wildman–Crippen LogP) is 4.30. The van der Waals surface area contributed by atoms with Crippen LogP contribution in [0.25, 0.3) is 5.70 Å². The van der Waals surface area contributed by atoms with Crippen LogP contribution in [0.3, 0.4) is 0 Å². The van der Waals surface area contributed by atoms with Gasteiger partial charge in [0.05, 0.1) is 23.5 Å². The fraction of sp³-hybridized carbons (Fsp3) is 0.333. The Balaban J connectivity index is 1.85. The monoisotopic (exact) mass is 346 g/mol. The van der Waals surface area contributed by atoms with Crippen LogP contribution >= 0.6 is 0 Å². The standard InChI is InChI=1S/C18H17F3N4/c1-24(14-3-2-4-16(9-14)25-8-7-23-12-25)15-6-5-13(11-22)17(10-15)18(19,20)21/h4-8,10,12,14H,2-3,9H2,1H3. The molecular weight excluding hydrogens is 329 g/mol. The SMILES string of the molecule is CN(c1ccc(C#N)c(C(F)(F)F)c1)C1CCC=C(n2ccnc2)C1. The highest BCUT2D eigenvalue weighted by Gasteiger charge is 2.34. The lowest BCUT2D eigenvalue weighted by molar-refractivity contribution is -0.137. The highest BCUT2D eigenvalue weighted by Crippen LogP contribution is 2.36. The van der Waals surface area contributed by atoms with Gasteiger partial charge in [-0.15, -0.1) is 0 Å². The average Bonchev–Trinajstić information content (AvgIpc) is 3.14. The molecule has 1 aliphatic rings. The van der Waals surface area contributed by atoms with Crippen molar-refractivity contribution in [1.82, 2.24) is 9.55 Å². The molecule has 0 fully saturated rings. The van der Waals surface area contributed by atoms with Gasteiger partial charge in [-0.25, -0.2) is 4.98 Å². The lowest BCUT2D eigenvalue weighted by Crippen LogP contribution is -2.34. The summed E-state index contributed by atoms with van der Waals surface area (Å²) in [6, 6.07) is 5.57. The molecule has 0 radical (unpaired) electrons. The first kappa shape index (κ1) is 17.1. The number of halogens is 3. The van der Waals surface area contributed by atoms with Crippen LogP contribution in [0.15, 0.2) is 43.0 Å². The average molecular weight is 346 g/mol. The van der Waals surface area contributed by atoms with Crippen LogP contribution < -0.4 is 4.90 Å². The number of benzene rings is 1. The Morgan fingerprint density at radius 3 is 2.80 bits per heavy atom. The molecule has 0 bridgehead atoms. The highest BCUT2D eigenvalue weighted by molar-refractivity contribution is 5.57. The van der Waals surface area contributed by atoms with Gasteiger partial charge >= 0.3 is 6.18 Å². The lowest BCUT2D eigenvalue weighted by atomic mass is 9.96. The van der Waals surface area contributed by atoms with Gasteiger partial charge in [-0.3, -0.25) is 0 Å². The highest BCUT2D eigenvalue weighted by atomic mass is 19.4. The second-order valence-corrected chi connectivity index (χ2v) is 6.05. The summed E-state index contributed by atoms with van der Waals surface area (Å²) in [4.78, 5) is 5.90. The molecule has 3 rings (SSSR count). The van der Waals surface area contributed by atoms with Crippen LogP contribution in [0.5, 0.6) is 0 Å². The van der Waals surface area contributed by atoms with E-state index in [0.29, 0.717) is 12.1 Å². The Kier molecular flexibility index (Phi) is 4.53. The van der Waals surface area contributed by atoms with E-state index in [9.17, 15) is 13.2 Å². The van der Waals surface area contributed by atoms with E-state index in [2.05, 4.69) is 11.1 Å². The Hall–Kier alpha value is -2.75. The third-order valence-electron chi connectivity index (χ3n) is 4.54. The molecule has 0 aliphatic heterocycles. The van der Waals surface area contributed by atoms with Crippen molar-refractivity contribution in [1.29, 1.82) is 5.26 Å². The van der Waals surface area contributed by atoms with Crippen molar-refractivity contribution in [3.8, 4) is 6.07 Å². The second kappa shape index (κ2) is 6.63. The van der Waals surface area contributed by atoms with Crippen molar-refractivity contribution >= 4 is 11.4 Å². The Bertz CT molecular complexity index is 816. The zero-order valence-electron chi connectivity index (χ0n) is 13.7.